The number of rotatable bonds is 4. The zero-order chi connectivity index (χ0) is 20.9. The first-order chi connectivity index (χ1) is 14.6. The van der Waals surface area contributed by atoms with Crippen LogP contribution in [-0.2, 0) is 16.1 Å². The molecular weight excluding hydrogens is 384 g/mol. The van der Waals surface area contributed by atoms with Crippen molar-refractivity contribution in [3.05, 3.63) is 59.9 Å². The number of carbonyl (C=O) groups is 3. The predicted octanol–water partition coefficient (Wildman–Crippen LogP) is 0.945. The maximum Gasteiger partial charge on any atom is 0.270 e. The maximum atomic E-state index is 13.0. The van der Waals surface area contributed by atoms with E-state index in [-0.39, 0.29) is 24.3 Å². The van der Waals surface area contributed by atoms with Crippen molar-refractivity contribution in [3.8, 4) is 0 Å². The number of amides is 3. The van der Waals surface area contributed by atoms with Gasteiger partial charge in [0, 0.05) is 51.0 Å². The summed E-state index contributed by atoms with van der Waals surface area (Å²) in [5.74, 6) is -0.134. The average molecular weight is 410 g/mol. The van der Waals surface area contributed by atoms with Gasteiger partial charge in [0.25, 0.3) is 11.8 Å². The Morgan fingerprint density at radius 1 is 0.733 bits per heavy atom. The lowest BCUT2D eigenvalue weighted by Crippen LogP contribution is -2.51. The van der Waals surface area contributed by atoms with Gasteiger partial charge in [0.2, 0.25) is 5.91 Å². The quantitative estimate of drug-likeness (QED) is 0.752. The van der Waals surface area contributed by atoms with Gasteiger partial charge in [-0.05, 0) is 24.3 Å². The Kier molecular flexibility index (Phi) is 6.13. The molecule has 2 aromatic rings. The zero-order valence-electron chi connectivity index (χ0n) is 16.9. The molecule has 30 heavy (non-hydrogen) atoms. The Labute approximate surface area is 175 Å². The molecule has 1 aromatic heterocycles. The summed E-state index contributed by atoms with van der Waals surface area (Å²) in [6, 6.07) is 12.7. The SMILES string of the molecule is O=C(Cn1cccc1C(=O)N1CCN(C(=O)c2ccccc2)CC1)N1CCOCC1. The van der Waals surface area contributed by atoms with E-state index in [1.165, 1.54) is 0 Å². The molecule has 4 rings (SSSR count). The van der Waals surface area contributed by atoms with Gasteiger partial charge in [0.15, 0.2) is 0 Å². The first kappa shape index (κ1) is 20.2. The van der Waals surface area contributed by atoms with E-state index in [1.54, 1.807) is 49.7 Å². The van der Waals surface area contributed by atoms with Crippen molar-refractivity contribution in [2.24, 2.45) is 0 Å². The van der Waals surface area contributed by atoms with Crippen LogP contribution < -0.4 is 0 Å². The summed E-state index contributed by atoms with van der Waals surface area (Å²) in [5.41, 5.74) is 1.16. The summed E-state index contributed by atoms with van der Waals surface area (Å²) < 4.78 is 7.00. The molecule has 0 unspecified atom stereocenters. The molecule has 8 nitrogen and oxygen atoms in total. The van der Waals surface area contributed by atoms with Gasteiger partial charge in [-0.3, -0.25) is 14.4 Å². The van der Waals surface area contributed by atoms with Crippen molar-refractivity contribution < 1.29 is 19.1 Å². The molecule has 2 saturated heterocycles. The fraction of sp³-hybridized carbons (Fsp3) is 0.409. The number of nitrogens with zero attached hydrogens (tertiary/aromatic N) is 4. The molecular formula is C22H26N4O4. The minimum Gasteiger partial charge on any atom is -0.378 e. The van der Waals surface area contributed by atoms with Crippen molar-refractivity contribution in [2.75, 3.05) is 52.5 Å². The molecule has 2 aliphatic heterocycles. The number of piperazine rings is 1. The molecule has 8 heteroatoms. The van der Waals surface area contributed by atoms with Gasteiger partial charge in [0.1, 0.15) is 12.2 Å². The molecule has 158 valence electrons. The number of aromatic nitrogens is 1. The van der Waals surface area contributed by atoms with E-state index in [9.17, 15) is 14.4 Å². The summed E-state index contributed by atoms with van der Waals surface area (Å²) in [7, 11) is 0. The van der Waals surface area contributed by atoms with E-state index in [1.807, 2.05) is 18.2 Å². The highest BCUT2D eigenvalue weighted by Gasteiger charge is 2.27. The lowest BCUT2D eigenvalue weighted by molar-refractivity contribution is -0.135. The summed E-state index contributed by atoms with van der Waals surface area (Å²) in [6.45, 7) is 4.34. The van der Waals surface area contributed by atoms with Crippen LogP contribution in [0.25, 0.3) is 0 Å². The van der Waals surface area contributed by atoms with Gasteiger partial charge in [-0.1, -0.05) is 18.2 Å². The van der Waals surface area contributed by atoms with Crippen LogP contribution in [0, 0.1) is 0 Å². The zero-order valence-corrected chi connectivity index (χ0v) is 16.9. The van der Waals surface area contributed by atoms with E-state index in [4.69, 9.17) is 4.74 Å². The van der Waals surface area contributed by atoms with E-state index in [0.29, 0.717) is 63.7 Å². The smallest absolute Gasteiger partial charge is 0.270 e. The summed E-state index contributed by atoms with van der Waals surface area (Å²) in [6.07, 6.45) is 1.76. The Morgan fingerprint density at radius 3 is 2.03 bits per heavy atom. The minimum atomic E-state index is -0.110. The standard InChI is InChI=1S/C22H26N4O4/c27-20(23-13-15-30-16-14-23)17-26-8-4-7-19(26)22(29)25-11-9-24(10-12-25)21(28)18-5-2-1-3-6-18/h1-8H,9-17H2. The molecule has 0 saturated carbocycles. The molecule has 0 spiro atoms. The molecule has 0 atom stereocenters. The van der Waals surface area contributed by atoms with Gasteiger partial charge in [-0.15, -0.1) is 0 Å². The Balaban J connectivity index is 1.35. The number of morpholine rings is 1. The second kappa shape index (κ2) is 9.13. The molecule has 0 bridgehead atoms. The van der Waals surface area contributed by atoms with Gasteiger partial charge >= 0.3 is 0 Å². The van der Waals surface area contributed by atoms with E-state index >= 15 is 0 Å². The third-order valence-electron chi connectivity index (χ3n) is 5.59. The first-order valence-corrected chi connectivity index (χ1v) is 10.3. The van der Waals surface area contributed by atoms with Gasteiger partial charge in [0.05, 0.1) is 13.2 Å². The van der Waals surface area contributed by atoms with Crippen LogP contribution in [0.4, 0.5) is 0 Å². The van der Waals surface area contributed by atoms with Crippen LogP contribution in [0.15, 0.2) is 48.7 Å². The number of benzene rings is 1. The monoisotopic (exact) mass is 410 g/mol. The Bertz CT molecular complexity index is 897. The molecule has 2 aliphatic rings. The number of ether oxygens (including phenoxy) is 1. The van der Waals surface area contributed by atoms with Crippen LogP contribution in [0.3, 0.4) is 0 Å². The fourth-order valence-corrected chi connectivity index (χ4v) is 3.84. The van der Waals surface area contributed by atoms with Crippen molar-refractivity contribution in [1.82, 2.24) is 19.3 Å². The lowest BCUT2D eigenvalue weighted by atomic mass is 10.2. The van der Waals surface area contributed by atoms with Crippen LogP contribution in [0.5, 0.6) is 0 Å². The summed E-state index contributed by atoms with van der Waals surface area (Å²) in [5, 5.41) is 0. The van der Waals surface area contributed by atoms with Gasteiger partial charge < -0.3 is 24.0 Å². The van der Waals surface area contributed by atoms with Crippen LogP contribution >= 0.6 is 0 Å². The lowest BCUT2D eigenvalue weighted by Gasteiger charge is -2.35. The molecule has 0 radical (unpaired) electrons. The van der Waals surface area contributed by atoms with Crippen LogP contribution in [0.1, 0.15) is 20.8 Å². The summed E-state index contributed by atoms with van der Waals surface area (Å²) in [4.78, 5) is 43.5. The van der Waals surface area contributed by atoms with Gasteiger partial charge in [-0.2, -0.15) is 0 Å². The average Bonchev–Trinajstić information content (AvgIpc) is 3.27. The summed E-state index contributed by atoms with van der Waals surface area (Å²) >= 11 is 0. The highest BCUT2D eigenvalue weighted by molar-refractivity contribution is 5.95. The molecule has 3 heterocycles. The largest absolute Gasteiger partial charge is 0.378 e. The predicted molar refractivity (Wildman–Crippen MR) is 110 cm³/mol. The topological polar surface area (TPSA) is 75.1 Å². The number of carbonyl (C=O) groups excluding carboxylic acids is 3. The number of hydrogen-bond donors (Lipinski definition) is 0. The van der Waals surface area contributed by atoms with Crippen molar-refractivity contribution in [3.63, 3.8) is 0 Å². The van der Waals surface area contributed by atoms with Crippen LogP contribution in [0.2, 0.25) is 0 Å². The van der Waals surface area contributed by atoms with Crippen molar-refractivity contribution in [1.29, 1.82) is 0 Å². The highest BCUT2D eigenvalue weighted by atomic mass is 16.5. The second-order valence-corrected chi connectivity index (χ2v) is 7.46. The normalized spacial score (nSPS) is 17.1. The van der Waals surface area contributed by atoms with E-state index < -0.39 is 0 Å². The third kappa shape index (κ3) is 4.38. The van der Waals surface area contributed by atoms with E-state index in [2.05, 4.69) is 0 Å². The third-order valence-corrected chi connectivity index (χ3v) is 5.59. The minimum absolute atomic E-state index is 0.0119. The molecule has 1 aromatic carbocycles. The van der Waals surface area contributed by atoms with Crippen molar-refractivity contribution in [2.45, 2.75) is 6.54 Å². The molecule has 0 aliphatic carbocycles. The maximum absolute atomic E-state index is 13.0. The van der Waals surface area contributed by atoms with Crippen LogP contribution in [-0.4, -0.2) is 89.5 Å². The second-order valence-electron chi connectivity index (χ2n) is 7.46. The molecule has 2 fully saturated rings. The molecule has 3 amide bonds. The fourth-order valence-electron chi connectivity index (χ4n) is 3.84. The number of hydrogen-bond acceptors (Lipinski definition) is 4. The van der Waals surface area contributed by atoms with Gasteiger partial charge in [-0.25, -0.2) is 0 Å². The first-order valence-electron chi connectivity index (χ1n) is 10.3. The Morgan fingerprint density at radius 2 is 1.37 bits per heavy atom. The molecule has 0 N–H and O–H groups in total. The van der Waals surface area contributed by atoms with Crippen molar-refractivity contribution >= 4 is 17.7 Å². The highest BCUT2D eigenvalue weighted by Crippen LogP contribution is 2.13. The van der Waals surface area contributed by atoms with E-state index in [0.717, 1.165) is 0 Å². The Hall–Kier alpha value is -3.13.